The second-order valence-electron chi connectivity index (χ2n) is 4.73. The Hall–Kier alpha value is -1.25. The number of aromatic nitrogens is 1. The molecule has 3 nitrogen and oxygen atoms in total. The minimum atomic E-state index is -0.0793. The molecule has 15 heavy (non-hydrogen) atoms. The topological polar surface area (TPSA) is 48.0 Å². The first kappa shape index (κ1) is 11.8. The Balaban J connectivity index is 2.75. The molecule has 0 amide bonds. The molecule has 0 atom stereocenters. The highest BCUT2D eigenvalue weighted by molar-refractivity contribution is 5.33. The standard InChI is InChI=1S/C12H20N2O/c1-4-12(2,3)7-9-14-8-5-6-10(13)11(14)15/h5-6,8H,4,7,9,13H2,1-3H3. The molecule has 0 saturated carbocycles. The van der Waals surface area contributed by atoms with E-state index in [1.54, 1.807) is 16.8 Å². The van der Waals surface area contributed by atoms with Crippen molar-refractivity contribution < 1.29 is 0 Å². The summed E-state index contributed by atoms with van der Waals surface area (Å²) < 4.78 is 1.69. The van der Waals surface area contributed by atoms with Crippen molar-refractivity contribution in [1.29, 1.82) is 0 Å². The van der Waals surface area contributed by atoms with Crippen LogP contribution in [0.2, 0.25) is 0 Å². The van der Waals surface area contributed by atoms with Gasteiger partial charge in [-0.05, 0) is 24.0 Å². The zero-order chi connectivity index (χ0) is 11.5. The van der Waals surface area contributed by atoms with Gasteiger partial charge in [0.2, 0.25) is 0 Å². The Morgan fingerprint density at radius 3 is 2.73 bits per heavy atom. The van der Waals surface area contributed by atoms with Gasteiger partial charge in [0.25, 0.3) is 5.56 Å². The normalized spacial score (nSPS) is 11.7. The van der Waals surface area contributed by atoms with Crippen LogP contribution in [0.3, 0.4) is 0 Å². The van der Waals surface area contributed by atoms with Crippen molar-refractivity contribution in [3.63, 3.8) is 0 Å². The van der Waals surface area contributed by atoms with Crippen LogP contribution in [0.1, 0.15) is 33.6 Å². The van der Waals surface area contributed by atoms with Gasteiger partial charge in [-0.15, -0.1) is 0 Å². The van der Waals surface area contributed by atoms with E-state index in [4.69, 9.17) is 5.73 Å². The van der Waals surface area contributed by atoms with Crippen LogP contribution in [0.5, 0.6) is 0 Å². The number of hydrogen-bond donors (Lipinski definition) is 1. The van der Waals surface area contributed by atoms with Gasteiger partial charge in [0.15, 0.2) is 0 Å². The fourth-order valence-corrected chi connectivity index (χ4v) is 1.33. The molecule has 0 bridgehead atoms. The maximum absolute atomic E-state index is 11.6. The number of nitrogen functional groups attached to an aromatic ring is 1. The average molecular weight is 208 g/mol. The SMILES string of the molecule is CCC(C)(C)CCn1cccc(N)c1=O. The van der Waals surface area contributed by atoms with Gasteiger partial charge in [-0.1, -0.05) is 27.2 Å². The summed E-state index contributed by atoms with van der Waals surface area (Å²) in [5, 5.41) is 0. The lowest BCUT2D eigenvalue weighted by atomic mass is 9.86. The molecule has 0 radical (unpaired) electrons. The molecule has 2 N–H and O–H groups in total. The van der Waals surface area contributed by atoms with Crippen LogP contribution in [0, 0.1) is 5.41 Å². The number of rotatable bonds is 4. The molecule has 0 aliphatic rings. The van der Waals surface area contributed by atoms with Crippen LogP contribution in [-0.4, -0.2) is 4.57 Å². The molecule has 0 aliphatic heterocycles. The monoisotopic (exact) mass is 208 g/mol. The van der Waals surface area contributed by atoms with E-state index < -0.39 is 0 Å². The summed E-state index contributed by atoms with van der Waals surface area (Å²) in [5.74, 6) is 0. The molecular weight excluding hydrogens is 188 g/mol. The van der Waals surface area contributed by atoms with E-state index in [1.807, 2.05) is 6.07 Å². The second kappa shape index (κ2) is 4.51. The van der Waals surface area contributed by atoms with Crippen molar-refractivity contribution >= 4 is 5.69 Å². The Morgan fingerprint density at radius 1 is 1.47 bits per heavy atom. The van der Waals surface area contributed by atoms with Gasteiger partial charge in [0.1, 0.15) is 0 Å². The van der Waals surface area contributed by atoms with Gasteiger partial charge >= 0.3 is 0 Å². The lowest BCUT2D eigenvalue weighted by molar-refractivity contribution is 0.300. The predicted octanol–water partition coefficient (Wildman–Crippen LogP) is 2.26. The number of pyridine rings is 1. The van der Waals surface area contributed by atoms with E-state index in [0.717, 1.165) is 19.4 Å². The van der Waals surface area contributed by atoms with E-state index in [9.17, 15) is 4.79 Å². The van der Waals surface area contributed by atoms with Crippen molar-refractivity contribution in [2.24, 2.45) is 5.41 Å². The summed E-state index contributed by atoms with van der Waals surface area (Å²) in [4.78, 5) is 11.6. The third-order valence-electron chi connectivity index (χ3n) is 3.04. The molecule has 84 valence electrons. The summed E-state index contributed by atoms with van der Waals surface area (Å²) in [7, 11) is 0. The first-order chi connectivity index (χ1) is 6.96. The van der Waals surface area contributed by atoms with Gasteiger partial charge < -0.3 is 10.3 Å². The summed E-state index contributed by atoms with van der Waals surface area (Å²) in [6.07, 6.45) is 3.90. The Morgan fingerprint density at radius 2 is 2.13 bits per heavy atom. The number of anilines is 1. The van der Waals surface area contributed by atoms with E-state index in [1.165, 1.54) is 0 Å². The molecule has 3 heteroatoms. The number of aryl methyl sites for hydroxylation is 1. The first-order valence-electron chi connectivity index (χ1n) is 5.41. The molecule has 0 saturated heterocycles. The maximum atomic E-state index is 11.6. The van der Waals surface area contributed by atoms with Crippen LogP contribution in [0.25, 0.3) is 0 Å². The largest absolute Gasteiger partial charge is 0.394 e. The van der Waals surface area contributed by atoms with Crippen LogP contribution < -0.4 is 11.3 Å². The highest BCUT2D eigenvalue weighted by Crippen LogP contribution is 2.24. The van der Waals surface area contributed by atoms with Crippen molar-refractivity contribution in [2.75, 3.05) is 5.73 Å². The molecular formula is C12H20N2O. The van der Waals surface area contributed by atoms with E-state index >= 15 is 0 Å². The molecule has 1 aromatic rings. The molecule has 0 aliphatic carbocycles. The van der Waals surface area contributed by atoms with Crippen LogP contribution in [0.4, 0.5) is 5.69 Å². The van der Waals surface area contributed by atoms with E-state index in [0.29, 0.717) is 5.69 Å². The highest BCUT2D eigenvalue weighted by atomic mass is 16.1. The smallest absolute Gasteiger partial charge is 0.273 e. The minimum absolute atomic E-state index is 0.0793. The fraction of sp³-hybridized carbons (Fsp3) is 0.583. The Labute approximate surface area is 90.9 Å². The molecule has 0 unspecified atom stereocenters. The third-order valence-corrected chi connectivity index (χ3v) is 3.04. The summed E-state index contributed by atoms with van der Waals surface area (Å²) in [6.45, 7) is 7.33. The van der Waals surface area contributed by atoms with Crippen molar-refractivity contribution in [3.8, 4) is 0 Å². The van der Waals surface area contributed by atoms with Crippen LogP contribution in [0.15, 0.2) is 23.1 Å². The van der Waals surface area contributed by atoms with E-state index in [-0.39, 0.29) is 11.0 Å². The number of hydrogen-bond acceptors (Lipinski definition) is 2. The molecule has 1 heterocycles. The first-order valence-corrected chi connectivity index (χ1v) is 5.41. The molecule has 1 aromatic heterocycles. The molecule has 0 fully saturated rings. The number of nitrogens with two attached hydrogens (primary N) is 1. The zero-order valence-corrected chi connectivity index (χ0v) is 9.79. The lowest BCUT2D eigenvalue weighted by Gasteiger charge is -2.22. The summed E-state index contributed by atoms with van der Waals surface area (Å²) in [6, 6.07) is 3.46. The zero-order valence-electron chi connectivity index (χ0n) is 9.79. The van der Waals surface area contributed by atoms with Crippen molar-refractivity contribution in [2.45, 2.75) is 40.2 Å². The highest BCUT2D eigenvalue weighted by Gasteiger charge is 2.14. The lowest BCUT2D eigenvalue weighted by Crippen LogP contribution is -2.24. The second-order valence-corrected chi connectivity index (χ2v) is 4.73. The van der Waals surface area contributed by atoms with Crippen molar-refractivity contribution in [3.05, 3.63) is 28.7 Å². The van der Waals surface area contributed by atoms with Crippen molar-refractivity contribution in [1.82, 2.24) is 4.57 Å². The summed E-state index contributed by atoms with van der Waals surface area (Å²) >= 11 is 0. The Kier molecular flexibility index (Phi) is 3.56. The predicted molar refractivity (Wildman–Crippen MR) is 63.8 cm³/mol. The summed E-state index contributed by atoms with van der Waals surface area (Å²) in [5.41, 5.74) is 6.09. The van der Waals surface area contributed by atoms with Gasteiger partial charge in [-0.3, -0.25) is 4.79 Å². The van der Waals surface area contributed by atoms with Gasteiger partial charge in [0, 0.05) is 12.7 Å². The average Bonchev–Trinajstić information content (AvgIpc) is 2.20. The van der Waals surface area contributed by atoms with E-state index in [2.05, 4.69) is 20.8 Å². The quantitative estimate of drug-likeness (QED) is 0.825. The molecule has 0 aromatic carbocycles. The fourth-order valence-electron chi connectivity index (χ4n) is 1.33. The molecule has 0 spiro atoms. The Bertz CT molecular complexity index is 379. The maximum Gasteiger partial charge on any atom is 0.273 e. The third kappa shape index (κ3) is 3.11. The minimum Gasteiger partial charge on any atom is -0.394 e. The van der Waals surface area contributed by atoms with Gasteiger partial charge in [-0.25, -0.2) is 0 Å². The van der Waals surface area contributed by atoms with Gasteiger partial charge in [-0.2, -0.15) is 0 Å². The molecule has 1 rings (SSSR count). The van der Waals surface area contributed by atoms with Gasteiger partial charge in [0.05, 0.1) is 5.69 Å². The number of nitrogens with zero attached hydrogens (tertiary/aromatic N) is 1. The van der Waals surface area contributed by atoms with Crippen LogP contribution in [-0.2, 0) is 6.54 Å². The van der Waals surface area contributed by atoms with Crippen LogP contribution >= 0.6 is 0 Å².